The lowest BCUT2D eigenvalue weighted by atomic mass is 10.1. The summed E-state index contributed by atoms with van der Waals surface area (Å²) < 4.78 is 27.2. The number of benzene rings is 1. The fraction of sp³-hybridized carbons (Fsp3) is 0.462. The van der Waals surface area contributed by atoms with Crippen molar-refractivity contribution in [2.24, 2.45) is 0 Å². The Bertz CT molecular complexity index is 605. The molecular formula is C13H18ClN3O2S. The van der Waals surface area contributed by atoms with E-state index >= 15 is 0 Å². The summed E-state index contributed by atoms with van der Waals surface area (Å²) in [6, 6.07) is 6.53. The predicted octanol–water partition coefficient (Wildman–Crippen LogP) is 1.32. The third-order valence-electron chi connectivity index (χ3n) is 3.25. The minimum absolute atomic E-state index is 0. The normalized spacial score (nSPS) is 18.9. The minimum Gasteiger partial charge on any atom is -0.315 e. The van der Waals surface area contributed by atoms with E-state index in [4.69, 9.17) is 5.26 Å². The number of rotatable bonds is 3. The lowest BCUT2D eigenvalue weighted by Crippen LogP contribution is -2.45. The number of halogens is 1. The van der Waals surface area contributed by atoms with Crippen LogP contribution in [0.1, 0.15) is 24.0 Å². The molecule has 1 aliphatic rings. The summed E-state index contributed by atoms with van der Waals surface area (Å²) >= 11 is 0. The zero-order valence-corrected chi connectivity index (χ0v) is 12.9. The van der Waals surface area contributed by atoms with Crippen molar-refractivity contribution in [1.82, 2.24) is 10.0 Å². The van der Waals surface area contributed by atoms with Crippen molar-refractivity contribution in [2.75, 3.05) is 13.1 Å². The van der Waals surface area contributed by atoms with Gasteiger partial charge < -0.3 is 5.32 Å². The highest BCUT2D eigenvalue weighted by molar-refractivity contribution is 7.89. The van der Waals surface area contributed by atoms with Gasteiger partial charge in [-0.3, -0.25) is 0 Å². The van der Waals surface area contributed by atoms with Crippen LogP contribution in [0.4, 0.5) is 0 Å². The molecule has 1 saturated heterocycles. The van der Waals surface area contributed by atoms with E-state index in [2.05, 4.69) is 10.0 Å². The first kappa shape index (κ1) is 16.9. The first-order valence-electron chi connectivity index (χ1n) is 6.27. The summed E-state index contributed by atoms with van der Waals surface area (Å²) in [6.07, 6.45) is 1.82. The Morgan fingerprint density at radius 2 is 2.20 bits per heavy atom. The quantitative estimate of drug-likeness (QED) is 0.881. The van der Waals surface area contributed by atoms with Gasteiger partial charge in [0.25, 0.3) is 0 Å². The SMILES string of the molecule is Cc1cc(S(=O)(=O)N[C@H]2CCCNC2)ccc1C#N.Cl. The van der Waals surface area contributed by atoms with Gasteiger partial charge in [-0.15, -0.1) is 12.4 Å². The Kier molecular flexibility index (Phi) is 5.96. The van der Waals surface area contributed by atoms with Gasteiger partial charge >= 0.3 is 0 Å². The zero-order chi connectivity index (χ0) is 13.9. The van der Waals surface area contributed by atoms with Gasteiger partial charge in [-0.1, -0.05) is 0 Å². The van der Waals surface area contributed by atoms with Gasteiger partial charge in [-0.05, 0) is 50.1 Å². The minimum atomic E-state index is -3.51. The molecule has 5 nitrogen and oxygen atoms in total. The van der Waals surface area contributed by atoms with E-state index in [0.717, 1.165) is 19.4 Å². The number of nitriles is 1. The molecule has 1 aromatic carbocycles. The van der Waals surface area contributed by atoms with Gasteiger partial charge in [0, 0.05) is 12.6 Å². The molecule has 1 heterocycles. The van der Waals surface area contributed by atoms with Crippen molar-refractivity contribution in [2.45, 2.75) is 30.7 Å². The predicted molar refractivity (Wildman–Crippen MR) is 79.4 cm³/mol. The van der Waals surface area contributed by atoms with Crippen LogP contribution in [0.25, 0.3) is 0 Å². The Balaban J connectivity index is 0.00000200. The number of hydrogen-bond donors (Lipinski definition) is 2. The van der Waals surface area contributed by atoms with Crippen molar-refractivity contribution in [3.63, 3.8) is 0 Å². The molecular weight excluding hydrogens is 298 g/mol. The van der Waals surface area contributed by atoms with E-state index in [1.54, 1.807) is 13.0 Å². The Hall–Kier alpha value is -1.13. The second-order valence-electron chi connectivity index (χ2n) is 4.75. The van der Waals surface area contributed by atoms with E-state index in [-0.39, 0.29) is 23.3 Å². The molecule has 0 amide bonds. The topological polar surface area (TPSA) is 82.0 Å². The summed E-state index contributed by atoms with van der Waals surface area (Å²) in [7, 11) is -3.51. The number of nitrogens with zero attached hydrogens (tertiary/aromatic N) is 1. The van der Waals surface area contributed by atoms with Crippen LogP contribution in [0, 0.1) is 18.3 Å². The largest absolute Gasteiger partial charge is 0.315 e. The lowest BCUT2D eigenvalue weighted by Gasteiger charge is -2.23. The van der Waals surface area contributed by atoms with E-state index < -0.39 is 10.0 Å². The molecule has 1 fully saturated rings. The average Bonchev–Trinajstić information content (AvgIpc) is 2.39. The molecule has 20 heavy (non-hydrogen) atoms. The van der Waals surface area contributed by atoms with Crippen molar-refractivity contribution < 1.29 is 8.42 Å². The molecule has 0 aliphatic carbocycles. The van der Waals surface area contributed by atoms with Crippen LogP contribution in [-0.4, -0.2) is 27.5 Å². The third kappa shape index (κ3) is 3.93. The molecule has 0 saturated carbocycles. The van der Waals surface area contributed by atoms with Crippen LogP contribution in [0.5, 0.6) is 0 Å². The number of nitrogens with one attached hydrogen (secondary N) is 2. The lowest BCUT2D eigenvalue weighted by molar-refractivity contribution is 0.428. The van der Waals surface area contributed by atoms with E-state index in [1.807, 2.05) is 6.07 Å². The fourth-order valence-corrected chi connectivity index (χ4v) is 3.52. The number of piperidine rings is 1. The van der Waals surface area contributed by atoms with E-state index in [9.17, 15) is 8.42 Å². The van der Waals surface area contributed by atoms with Gasteiger partial charge in [-0.2, -0.15) is 5.26 Å². The van der Waals surface area contributed by atoms with Gasteiger partial charge in [-0.25, -0.2) is 13.1 Å². The first-order valence-corrected chi connectivity index (χ1v) is 7.75. The zero-order valence-electron chi connectivity index (χ0n) is 11.2. The highest BCUT2D eigenvalue weighted by Crippen LogP contribution is 2.16. The summed E-state index contributed by atoms with van der Waals surface area (Å²) in [4.78, 5) is 0.217. The Labute approximate surface area is 125 Å². The van der Waals surface area contributed by atoms with Crippen molar-refractivity contribution in [1.29, 1.82) is 5.26 Å². The van der Waals surface area contributed by atoms with E-state index in [0.29, 0.717) is 17.7 Å². The van der Waals surface area contributed by atoms with Gasteiger partial charge in [0.1, 0.15) is 0 Å². The third-order valence-corrected chi connectivity index (χ3v) is 4.77. The second kappa shape index (κ2) is 7.04. The van der Waals surface area contributed by atoms with Crippen molar-refractivity contribution in [3.8, 4) is 6.07 Å². The summed E-state index contributed by atoms with van der Waals surface area (Å²) in [5.74, 6) is 0. The van der Waals surface area contributed by atoms with Crippen molar-refractivity contribution >= 4 is 22.4 Å². The van der Waals surface area contributed by atoms with Crippen LogP contribution in [0.15, 0.2) is 23.1 Å². The maximum Gasteiger partial charge on any atom is 0.240 e. The highest BCUT2D eigenvalue weighted by Gasteiger charge is 2.21. The molecule has 0 aromatic heterocycles. The summed E-state index contributed by atoms with van der Waals surface area (Å²) in [5.41, 5.74) is 1.17. The maximum absolute atomic E-state index is 12.2. The molecule has 1 aliphatic heterocycles. The van der Waals surface area contributed by atoms with Gasteiger partial charge in [0.15, 0.2) is 0 Å². The monoisotopic (exact) mass is 315 g/mol. The van der Waals surface area contributed by atoms with Gasteiger partial charge in [0.05, 0.1) is 16.5 Å². The highest BCUT2D eigenvalue weighted by atomic mass is 35.5. The Morgan fingerprint density at radius 1 is 1.45 bits per heavy atom. The first-order chi connectivity index (χ1) is 9.03. The standard InChI is InChI=1S/C13H17N3O2S.ClH/c1-10-7-13(5-4-11(10)8-14)19(17,18)16-12-3-2-6-15-9-12;/h4-5,7,12,15-16H,2-3,6,9H2,1H3;1H/t12-;/m0./s1. The molecule has 0 spiro atoms. The molecule has 2 rings (SSSR count). The molecule has 1 aromatic rings. The maximum atomic E-state index is 12.2. The van der Waals surface area contributed by atoms with E-state index in [1.165, 1.54) is 12.1 Å². The number of aryl methyl sites for hydroxylation is 1. The summed E-state index contributed by atoms with van der Waals surface area (Å²) in [6.45, 7) is 3.34. The molecule has 7 heteroatoms. The molecule has 110 valence electrons. The van der Waals surface area contributed by atoms with Crippen LogP contribution in [0.2, 0.25) is 0 Å². The van der Waals surface area contributed by atoms with Crippen molar-refractivity contribution in [3.05, 3.63) is 29.3 Å². The average molecular weight is 316 g/mol. The van der Waals surface area contributed by atoms with Gasteiger partial charge in [0.2, 0.25) is 10.0 Å². The number of sulfonamides is 1. The second-order valence-corrected chi connectivity index (χ2v) is 6.47. The molecule has 0 unspecified atom stereocenters. The van der Waals surface area contributed by atoms with Crippen LogP contribution < -0.4 is 10.0 Å². The van der Waals surface area contributed by atoms with Crippen LogP contribution >= 0.6 is 12.4 Å². The molecule has 0 bridgehead atoms. The molecule has 1 atom stereocenters. The number of hydrogen-bond acceptors (Lipinski definition) is 4. The van der Waals surface area contributed by atoms with Crippen LogP contribution in [-0.2, 0) is 10.0 Å². The van der Waals surface area contributed by atoms with Crippen LogP contribution in [0.3, 0.4) is 0 Å². The molecule has 2 N–H and O–H groups in total. The summed E-state index contributed by atoms with van der Waals surface area (Å²) in [5, 5.41) is 12.0. The fourth-order valence-electron chi connectivity index (χ4n) is 2.17. The Morgan fingerprint density at radius 3 is 2.75 bits per heavy atom. The smallest absolute Gasteiger partial charge is 0.240 e. The molecule has 0 radical (unpaired) electrons.